The topological polar surface area (TPSA) is 38.0 Å². The van der Waals surface area contributed by atoms with Crippen molar-refractivity contribution in [3.05, 3.63) is 18.2 Å². The lowest BCUT2D eigenvalue weighted by molar-refractivity contribution is 0.118. The molecule has 0 spiro atoms. The summed E-state index contributed by atoms with van der Waals surface area (Å²) in [5, 5.41) is 10.4. The maximum atomic E-state index is 10.4. The Morgan fingerprint density at radius 3 is 3.00 bits per heavy atom. The van der Waals surface area contributed by atoms with E-state index >= 15 is 0 Å². The number of aromatic nitrogens is 2. The third kappa shape index (κ3) is 2.20. The summed E-state index contributed by atoms with van der Waals surface area (Å²) in [6, 6.07) is 0. The molecule has 3 nitrogen and oxygen atoms in total. The first-order valence-corrected chi connectivity index (χ1v) is 7.46. The lowest BCUT2D eigenvalue weighted by Gasteiger charge is -2.24. The predicted molar refractivity (Wildman–Crippen MR) is 71.0 cm³/mol. The van der Waals surface area contributed by atoms with Gasteiger partial charge in [0.2, 0.25) is 0 Å². The average molecular weight is 248 g/mol. The molecule has 18 heavy (non-hydrogen) atoms. The van der Waals surface area contributed by atoms with Crippen LogP contribution in [0, 0.1) is 17.8 Å². The Labute approximate surface area is 109 Å². The Bertz CT molecular complexity index is 401. The molecule has 4 unspecified atom stereocenters. The van der Waals surface area contributed by atoms with Crippen molar-refractivity contribution in [3.63, 3.8) is 0 Å². The van der Waals surface area contributed by atoms with Gasteiger partial charge in [-0.15, -0.1) is 0 Å². The van der Waals surface area contributed by atoms with Crippen LogP contribution in [0.4, 0.5) is 0 Å². The number of aliphatic hydroxyl groups is 1. The maximum absolute atomic E-state index is 10.4. The van der Waals surface area contributed by atoms with Gasteiger partial charge in [-0.25, -0.2) is 4.98 Å². The highest BCUT2D eigenvalue weighted by molar-refractivity contribution is 5.04. The van der Waals surface area contributed by atoms with Crippen molar-refractivity contribution in [1.29, 1.82) is 0 Å². The van der Waals surface area contributed by atoms with E-state index in [2.05, 4.69) is 16.5 Å². The van der Waals surface area contributed by atoms with E-state index in [0.717, 1.165) is 42.8 Å². The fourth-order valence-corrected chi connectivity index (χ4v) is 4.11. The fraction of sp³-hybridized carbons (Fsp3) is 0.800. The number of aryl methyl sites for hydroxylation is 1. The number of hydrogen-bond acceptors (Lipinski definition) is 2. The normalized spacial score (nSPS) is 32.0. The van der Waals surface area contributed by atoms with Crippen LogP contribution >= 0.6 is 0 Å². The number of hydrogen-bond donors (Lipinski definition) is 1. The molecule has 2 aliphatic rings. The number of imidazole rings is 1. The van der Waals surface area contributed by atoms with Crippen LogP contribution in [-0.4, -0.2) is 14.7 Å². The molecule has 0 radical (unpaired) electrons. The van der Waals surface area contributed by atoms with Gasteiger partial charge < -0.3 is 9.67 Å². The van der Waals surface area contributed by atoms with Crippen LogP contribution in [0.2, 0.25) is 0 Å². The number of aliphatic hydroxyl groups excluding tert-OH is 1. The SMILES string of the molecule is CCCn1cncc1C(O)CC1CC2CCC1C2. The van der Waals surface area contributed by atoms with E-state index in [0.29, 0.717) is 0 Å². The molecule has 0 saturated heterocycles. The van der Waals surface area contributed by atoms with Crippen LogP contribution in [0.1, 0.15) is 57.2 Å². The van der Waals surface area contributed by atoms with Gasteiger partial charge in [0.05, 0.1) is 24.3 Å². The smallest absolute Gasteiger partial charge is 0.0958 e. The second kappa shape index (κ2) is 5.04. The van der Waals surface area contributed by atoms with Crippen LogP contribution in [0.15, 0.2) is 12.5 Å². The monoisotopic (exact) mass is 248 g/mol. The Balaban J connectivity index is 1.63. The summed E-state index contributed by atoms with van der Waals surface area (Å²) in [7, 11) is 0. The summed E-state index contributed by atoms with van der Waals surface area (Å²) in [4.78, 5) is 4.19. The first kappa shape index (κ1) is 12.2. The predicted octanol–water partition coefficient (Wildman–Crippen LogP) is 3.15. The standard InChI is InChI=1S/C15H24N2O/c1-2-5-17-10-16-9-14(17)15(18)8-13-7-11-3-4-12(13)6-11/h9-13,15,18H,2-8H2,1H3. The second-order valence-electron chi connectivity index (χ2n) is 6.20. The van der Waals surface area contributed by atoms with Crippen LogP contribution < -0.4 is 0 Å². The van der Waals surface area contributed by atoms with Gasteiger partial charge in [-0.3, -0.25) is 0 Å². The molecular weight excluding hydrogens is 224 g/mol. The van der Waals surface area contributed by atoms with Crippen LogP contribution in [0.3, 0.4) is 0 Å². The van der Waals surface area contributed by atoms with E-state index in [1.807, 2.05) is 12.5 Å². The van der Waals surface area contributed by atoms with Crippen molar-refractivity contribution < 1.29 is 5.11 Å². The van der Waals surface area contributed by atoms with Gasteiger partial charge >= 0.3 is 0 Å². The van der Waals surface area contributed by atoms with Gasteiger partial charge in [-0.05, 0) is 49.9 Å². The lowest BCUT2D eigenvalue weighted by atomic mass is 9.84. The summed E-state index contributed by atoms with van der Waals surface area (Å²) in [6.45, 7) is 3.12. The lowest BCUT2D eigenvalue weighted by Crippen LogP contribution is -2.16. The highest BCUT2D eigenvalue weighted by Gasteiger charge is 2.40. The van der Waals surface area contributed by atoms with Crippen molar-refractivity contribution >= 4 is 0 Å². The third-order valence-electron chi connectivity index (χ3n) is 4.96. The zero-order valence-corrected chi connectivity index (χ0v) is 11.3. The maximum Gasteiger partial charge on any atom is 0.0958 e. The average Bonchev–Trinajstić information content (AvgIpc) is 3.04. The Morgan fingerprint density at radius 2 is 2.33 bits per heavy atom. The first-order chi connectivity index (χ1) is 8.78. The summed E-state index contributed by atoms with van der Waals surface area (Å²) in [5.41, 5.74) is 1.01. The molecule has 0 aliphatic heterocycles. The van der Waals surface area contributed by atoms with Crippen molar-refractivity contribution in [2.45, 2.75) is 58.1 Å². The number of fused-ring (bicyclic) bond motifs is 2. The minimum Gasteiger partial charge on any atom is -0.387 e. The molecule has 1 aromatic rings. The Morgan fingerprint density at radius 1 is 1.44 bits per heavy atom. The zero-order chi connectivity index (χ0) is 12.5. The minimum absolute atomic E-state index is 0.316. The molecule has 0 aromatic carbocycles. The van der Waals surface area contributed by atoms with E-state index in [9.17, 15) is 5.11 Å². The minimum atomic E-state index is -0.316. The van der Waals surface area contributed by atoms with Gasteiger partial charge in [-0.1, -0.05) is 13.3 Å². The Kier molecular flexibility index (Phi) is 3.42. The molecule has 1 N–H and O–H groups in total. The van der Waals surface area contributed by atoms with Crippen molar-refractivity contribution in [2.24, 2.45) is 17.8 Å². The molecule has 3 rings (SSSR count). The number of rotatable bonds is 5. The molecular formula is C15H24N2O. The summed E-state index contributed by atoms with van der Waals surface area (Å²) in [5.74, 6) is 2.61. The van der Waals surface area contributed by atoms with E-state index in [1.165, 1.54) is 25.7 Å². The number of nitrogens with zero attached hydrogens (tertiary/aromatic N) is 2. The highest BCUT2D eigenvalue weighted by atomic mass is 16.3. The van der Waals surface area contributed by atoms with Gasteiger partial charge in [0.1, 0.15) is 0 Å². The molecule has 2 aliphatic carbocycles. The molecule has 3 heteroatoms. The first-order valence-electron chi connectivity index (χ1n) is 7.46. The van der Waals surface area contributed by atoms with Gasteiger partial charge in [0, 0.05) is 6.54 Å². The van der Waals surface area contributed by atoms with E-state index in [4.69, 9.17) is 0 Å². The highest BCUT2D eigenvalue weighted by Crippen LogP contribution is 2.50. The fourth-order valence-electron chi connectivity index (χ4n) is 4.11. The molecule has 2 fully saturated rings. The van der Waals surface area contributed by atoms with Gasteiger partial charge in [0.15, 0.2) is 0 Å². The van der Waals surface area contributed by atoms with Gasteiger partial charge in [0.25, 0.3) is 0 Å². The molecule has 1 heterocycles. The summed E-state index contributed by atoms with van der Waals surface area (Å²) < 4.78 is 2.11. The van der Waals surface area contributed by atoms with Crippen LogP contribution in [0.25, 0.3) is 0 Å². The van der Waals surface area contributed by atoms with Crippen molar-refractivity contribution in [2.75, 3.05) is 0 Å². The van der Waals surface area contributed by atoms with Crippen molar-refractivity contribution in [1.82, 2.24) is 9.55 Å². The largest absolute Gasteiger partial charge is 0.387 e. The molecule has 1 aromatic heterocycles. The third-order valence-corrected chi connectivity index (χ3v) is 4.96. The summed E-state index contributed by atoms with van der Waals surface area (Å²) >= 11 is 0. The second-order valence-corrected chi connectivity index (χ2v) is 6.20. The quantitative estimate of drug-likeness (QED) is 0.869. The van der Waals surface area contributed by atoms with E-state index in [-0.39, 0.29) is 6.10 Å². The van der Waals surface area contributed by atoms with Crippen LogP contribution in [-0.2, 0) is 6.54 Å². The molecule has 4 atom stereocenters. The molecule has 2 bridgehead atoms. The van der Waals surface area contributed by atoms with E-state index < -0.39 is 0 Å². The van der Waals surface area contributed by atoms with Crippen LogP contribution in [0.5, 0.6) is 0 Å². The molecule has 0 amide bonds. The Hall–Kier alpha value is -0.830. The molecule has 100 valence electrons. The van der Waals surface area contributed by atoms with E-state index in [1.54, 1.807) is 0 Å². The van der Waals surface area contributed by atoms with Gasteiger partial charge in [-0.2, -0.15) is 0 Å². The summed E-state index contributed by atoms with van der Waals surface area (Å²) in [6.07, 6.45) is 11.0. The molecule has 2 saturated carbocycles. The van der Waals surface area contributed by atoms with Crippen molar-refractivity contribution in [3.8, 4) is 0 Å². The zero-order valence-electron chi connectivity index (χ0n) is 11.3.